The summed E-state index contributed by atoms with van der Waals surface area (Å²) in [6, 6.07) is 3.65. The second kappa shape index (κ2) is 5.33. The van der Waals surface area contributed by atoms with E-state index >= 15 is 0 Å². The van der Waals surface area contributed by atoms with Crippen molar-refractivity contribution in [3.8, 4) is 5.75 Å². The molecule has 0 N–H and O–H groups in total. The molecule has 0 saturated carbocycles. The summed E-state index contributed by atoms with van der Waals surface area (Å²) in [7, 11) is 3.57. The lowest BCUT2D eigenvalue weighted by Gasteiger charge is -2.32. The Morgan fingerprint density at radius 3 is 2.95 bits per heavy atom. The summed E-state index contributed by atoms with van der Waals surface area (Å²) in [6.07, 6.45) is 1.82. The number of methoxy groups -OCH3 is 1. The number of halogens is 2. The van der Waals surface area contributed by atoms with E-state index in [1.54, 1.807) is 11.8 Å². The summed E-state index contributed by atoms with van der Waals surface area (Å²) in [6.45, 7) is 1.36. The molecule has 1 saturated heterocycles. The number of ether oxygens (including phenoxy) is 1. The zero-order valence-electron chi connectivity index (χ0n) is 11.5. The van der Waals surface area contributed by atoms with E-state index in [9.17, 15) is 4.39 Å². The molecule has 1 fully saturated rings. The topological polar surface area (TPSA) is 30.3 Å². The number of benzene rings is 1. The van der Waals surface area contributed by atoms with Crippen molar-refractivity contribution in [1.29, 1.82) is 0 Å². The highest BCUT2D eigenvalue weighted by Gasteiger charge is 2.29. The molecule has 108 valence electrons. The summed E-state index contributed by atoms with van der Waals surface area (Å²) in [5.74, 6) is 0.739. The molecule has 2 heterocycles. The lowest BCUT2D eigenvalue weighted by Crippen LogP contribution is -2.40. The first-order valence-corrected chi connectivity index (χ1v) is 7.43. The fraction of sp³-hybridized carbons (Fsp3) is 0.500. The average Bonchev–Trinajstić information content (AvgIpc) is 2.79. The lowest BCUT2D eigenvalue weighted by molar-refractivity contribution is 0.101. The summed E-state index contributed by atoms with van der Waals surface area (Å²) in [5, 5.41) is 5.51. The van der Waals surface area contributed by atoms with Crippen LogP contribution in [0.2, 0.25) is 0 Å². The maximum Gasteiger partial charge on any atom is 0.135 e. The number of likely N-dealkylation sites (tertiary alicyclic amines) is 1. The van der Waals surface area contributed by atoms with Crippen molar-refractivity contribution >= 4 is 26.8 Å². The summed E-state index contributed by atoms with van der Waals surface area (Å²) >= 11 is 3.46. The summed E-state index contributed by atoms with van der Waals surface area (Å²) in [5.41, 5.74) is 0.830. The van der Waals surface area contributed by atoms with Crippen molar-refractivity contribution in [2.75, 3.05) is 27.2 Å². The molecule has 0 aliphatic carbocycles. The lowest BCUT2D eigenvalue weighted by atomic mass is 10.0. The first-order chi connectivity index (χ1) is 9.58. The van der Waals surface area contributed by atoms with Crippen LogP contribution >= 0.6 is 15.9 Å². The molecule has 1 aromatic carbocycles. The molecule has 0 bridgehead atoms. The SMILES string of the molecule is COc1cc2nn(C3CCN(C)CC3F)cc2cc1Br. The molecule has 1 aromatic heterocycles. The molecule has 2 atom stereocenters. The minimum atomic E-state index is -0.881. The molecule has 2 aromatic rings. The van der Waals surface area contributed by atoms with E-state index < -0.39 is 6.17 Å². The molecular weight excluding hydrogens is 325 g/mol. The predicted octanol–water partition coefficient (Wildman–Crippen LogP) is 3.02. The zero-order valence-corrected chi connectivity index (χ0v) is 13.1. The minimum absolute atomic E-state index is 0.177. The Labute approximate surface area is 125 Å². The van der Waals surface area contributed by atoms with Crippen LogP contribution in [0.1, 0.15) is 12.5 Å². The Bertz CT molecular complexity index is 630. The van der Waals surface area contributed by atoms with E-state index in [1.807, 2.05) is 30.3 Å². The molecule has 6 heteroatoms. The van der Waals surface area contributed by atoms with Crippen LogP contribution in [0, 0.1) is 0 Å². The third-order valence-electron chi connectivity index (χ3n) is 3.85. The van der Waals surface area contributed by atoms with E-state index in [1.165, 1.54) is 0 Å². The Kier molecular flexibility index (Phi) is 3.69. The number of alkyl halides is 1. The number of rotatable bonds is 2. The number of nitrogens with zero attached hydrogens (tertiary/aromatic N) is 3. The van der Waals surface area contributed by atoms with Gasteiger partial charge in [-0.1, -0.05) is 0 Å². The number of fused-ring (bicyclic) bond motifs is 1. The van der Waals surface area contributed by atoms with Crippen LogP contribution in [0.5, 0.6) is 5.75 Å². The third-order valence-corrected chi connectivity index (χ3v) is 4.47. The molecule has 3 rings (SSSR count). The zero-order chi connectivity index (χ0) is 14.3. The van der Waals surface area contributed by atoms with Crippen molar-refractivity contribution in [1.82, 2.24) is 14.7 Å². The second-order valence-corrected chi connectivity index (χ2v) is 6.14. The van der Waals surface area contributed by atoms with Gasteiger partial charge in [0.25, 0.3) is 0 Å². The molecule has 4 nitrogen and oxygen atoms in total. The van der Waals surface area contributed by atoms with Gasteiger partial charge in [0.05, 0.1) is 23.1 Å². The van der Waals surface area contributed by atoms with Gasteiger partial charge in [-0.15, -0.1) is 0 Å². The fourth-order valence-electron chi connectivity index (χ4n) is 2.71. The van der Waals surface area contributed by atoms with Crippen LogP contribution < -0.4 is 4.74 Å². The van der Waals surface area contributed by atoms with E-state index in [2.05, 4.69) is 21.0 Å². The van der Waals surface area contributed by atoms with Crippen LogP contribution in [0.4, 0.5) is 4.39 Å². The van der Waals surface area contributed by atoms with Crippen molar-refractivity contribution in [3.63, 3.8) is 0 Å². The summed E-state index contributed by atoms with van der Waals surface area (Å²) < 4.78 is 22.1. The van der Waals surface area contributed by atoms with Gasteiger partial charge in [0.15, 0.2) is 0 Å². The van der Waals surface area contributed by atoms with Gasteiger partial charge < -0.3 is 9.64 Å². The Morgan fingerprint density at radius 2 is 2.25 bits per heavy atom. The summed E-state index contributed by atoms with van der Waals surface area (Å²) in [4.78, 5) is 2.02. The predicted molar refractivity (Wildman–Crippen MR) is 80.0 cm³/mol. The molecule has 20 heavy (non-hydrogen) atoms. The van der Waals surface area contributed by atoms with Crippen LogP contribution in [0.3, 0.4) is 0 Å². The van der Waals surface area contributed by atoms with Crippen LogP contribution in [-0.2, 0) is 0 Å². The van der Waals surface area contributed by atoms with Gasteiger partial charge in [-0.2, -0.15) is 5.10 Å². The molecule has 2 unspecified atom stereocenters. The first kappa shape index (κ1) is 13.8. The Hall–Kier alpha value is -1.14. The van der Waals surface area contributed by atoms with Crippen LogP contribution in [0.25, 0.3) is 10.9 Å². The van der Waals surface area contributed by atoms with Gasteiger partial charge in [-0.05, 0) is 35.5 Å². The van der Waals surface area contributed by atoms with E-state index in [-0.39, 0.29) is 6.04 Å². The van der Waals surface area contributed by atoms with Gasteiger partial charge in [0.2, 0.25) is 0 Å². The van der Waals surface area contributed by atoms with E-state index in [0.29, 0.717) is 6.54 Å². The maximum atomic E-state index is 14.2. The Morgan fingerprint density at radius 1 is 1.45 bits per heavy atom. The van der Waals surface area contributed by atoms with Gasteiger partial charge in [0, 0.05) is 30.7 Å². The van der Waals surface area contributed by atoms with Gasteiger partial charge in [0.1, 0.15) is 11.9 Å². The normalized spacial score (nSPS) is 24.2. The number of hydrogen-bond donors (Lipinski definition) is 0. The van der Waals surface area contributed by atoms with Crippen molar-refractivity contribution in [3.05, 3.63) is 22.8 Å². The van der Waals surface area contributed by atoms with Crippen LogP contribution in [0.15, 0.2) is 22.8 Å². The highest BCUT2D eigenvalue weighted by molar-refractivity contribution is 9.10. The standard InChI is InChI=1S/C14H17BrFN3O/c1-18-4-3-13(11(16)8-18)19-7-9-5-10(15)14(20-2)6-12(9)17-19/h5-7,11,13H,3-4,8H2,1-2H3. The van der Waals surface area contributed by atoms with Gasteiger partial charge >= 0.3 is 0 Å². The highest BCUT2D eigenvalue weighted by Crippen LogP contribution is 2.32. The fourth-order valence-corrected chi connectivity index (χ4v) is 3.24. The quantitative estimate of drug-likeness (QED) is 0.841. The average molecular weight is 342 g/mol. The number of piperidine rings is 1. The second-order valence-electron chi connectivity index (χ2n) is 5.29. The molecular formula is C14H17BrFN3O. The van der Waals surface area contributed by atoms with Gasteiger partial charge in [-0.25, -0.2) is 4.39 Å². The molecule has 1 aliphatic rings. The highest BCUT2D eigenvalue weighted by atomic mass is 79.9. The monoisotopic (exact) mass is 341 g/mol. The largest absolute Gasteiger partial charge is 0.495 e. The number of hydrogen-bond acceptors (Lipinski definition) is 3. The molecule has 0 spiro atoms. The van der Waals surface area contributed by atoms with Crippen molar-refractivity contribution < 1.29 is 9.13 Å². The van der Waals surface area contributed by atoms with Crippen molar-refractivity contribution in [2.45, 2.75) is 18.6 Å². The van der Waals surface area contributed by atoms with Crippen LogP contribution in [-0.4, -0.2) is 48.1 Å². The molecule has 0 radical (unpaired) electrons. The maximum absolute atomic E-state index is 14.2. The smallest absolute Gasteiger partial charge is 0.135 e. The van der Waals surface area contributed by atoms with Crippen molar-refractivity contribution in [2.24, 2.45) is 0 Å². The van der Waals surface area contributed by atoms with E-state index in [0.717, 1.165) is 34.1 Å². The number of aromatic nitrogens is 2. The minimum Gasteiger partial charge on any atom is -0.495 e. The van der Waals surface area contributed by atoms with Gasteiger partial charge in [-0.3, -0.25) is 4.68 Å². The third kappa shape index (κ3) is 2.42. The molecule has 0 amide bonds. The van der Waals surface area contributed by atoms with E-state index in [4.69, 9.17) is 4.74 Å². The molecule has 1 aliphatic heterocycles. The Balaban J connectivity index is 1.96. The first-order valence-electron chi connectivity index (χ1n) is 6.63.